The SMILES string of the molecule is CC(C)O.CCc1c2c(nc3ccc(O)cc13)-c1cc(C(C=O)CC)c(COC)c(=O)n1C2. The van der Waals surface area contributed by atoms with Gasteiger partial charge in [-0.3, -0.25) is 4.79 Å². The van der Waals surface area contributed by atoms with Crippen LogP contribution in [-0.4, -0.2) is 39.3 Å². The number of carbonyl (C=O) groups is 1. The van der Waals surface area contributed by atoms with Crippen molar-refractivity contribution in [2.75, 3.05) is 7.11 Å². The van der Waals surface area contributed by atoms with E-state index in [9.17, 15) is 14.7 Å². The van der Waals surface area contributed by atoms with Gasteiger partial charge in [0.2, 0.25) is 0 Å². The number of aromatic nitrogens is 2. The molecule has 4 rings (SSSR count). The molecule has 1 aromatic carbocycles. The summed E-state index contributed by atoms with van der Waals surface area (Å²) >= 11 is 0. The second-order valence-corrected chi connectivity index (χ2v) is 8.50. The van der Waals surface area contributed by atoms with Crippen molar-refractivity contribution in [1.29, 1.82) is 0 Å². The van der Waals surface area contributed by atoms with E-state index in [1.807, 2.05) is 13.0 Å². The van der Waals surface area contributed by atoms with Gasteiger partial charge in [0.25, 0.3) is 5.56 Å². The van der Waals surface area contributed by atoms with Crippen molar-refractivity contribution in [3.05, 3.63) is 56.9 Å². The third-order valence-electron chi connectivity index (χ3n) is 5.83. The number of nitrogens with zero attached hydrogens (tertiary/aromatic N) is 2. The molecule has 0 fully saturated rings. The Labute approximate surface area is 193 Å². The Kier molecular flexibility index (Phi) is 7.66. The van der Waals surface area contributed by atoms with E-state index in [0.717, 1.165) is 51.7 Å². The zero-order valence-electron chi connectivity index (χ0n) is 19.9. The molecule has 1 aliphatic rings. The van der Waals surface area contributed by atoms with E-state index in [4.69, 9.17) is 14.8 Å². The van der Waals surface area contributed by atoms with Gasteiger partial charge in [0.15, 0.2) is 0 Å². The first kappa shape index (κ1) is 24.6. The third kappa shape index (κ3) is 4.70. The summed E-state index contributed by atoms with van der Waals surface area (Å²) < 4.78 is 7.00. The van der Waals surface area contributed by atoms with Crippen molar-refractivity contribution in [3.8, 4) is 17.1 Å². The fourth-order valence-electron chi connectivity index (χ4n) is 4.37. The summed E-state index contributed by atoms with van der Waals surface area (Å²) in [6.07, 6.45) is 2.10. The Morgan fingerprint density at radius 3 is 2.48 bits per heavy atom. The molecular weight excluding hydrogens is 420 g/mol. The van der Waals surface area contributed by atoms with Crippen molar-refractivity contribution in [3.63, 3.8) is 0 Å². The number of rotatable bonds is 6. The molecule has 0 radical (unpaired) electrons. The number of aromatic hydroxyl groups is 1. The molecule has 2 N–H and O–H groups in total. The summed E-state index contributed by atoms with van der Waals surface area (Å²) in [5.74, 6) is -0.158. The van der Waals surface area contributed by atoms with Crippen LogP contribution in [0.1, 0.15) is 62.3 Å². The number of methoxy groups -OCH3 is 1. The molecule has 1 aliphatic heterocycles. The molecule has 176 valence electrons. The number of ether oxygens (including phenoxy) is 1. The van der Waals surface area contributed by atoms with E-state index >= 15 is 0 Å². The van der Waals surface area contributed by atoms with Crippen LogP contribution in [0.3, 0.4) is 0 Å². The van der Waals surface area contributed by atoms with Gasteiger partial charge in [-0.2, -0.15) is 0 Å². The number of carbonyl (C=O) groups excluding carboxylic acids is 1. The van der Waals surface area contributed by atoms with Gasteiger partial charge in [0.05, 0.1) is 30.1 Å². The Bertz CT molecular complexity index is 1230. The summed E-state index contributed by atoms with van der Waals surface area (Å²) in [4.78, 5) is 29.8. The number of aldehydes is 1. The molecule has 1 atom stereocenters. The van der Waals surface area contributed by atoms with Crippen molar-refractivity contribution in [2.45, 2.75) is 65.7 Å². The van der Waals surface area contributed by atoms with Crippen LogP contribution >= 0.6 is 0 Å². The van der Waals surface area contributed by atoms with Crippen LogP contribution in [0.25, 0.3) is 22.3 Å². The van der Waals surface area contributed by atoms with Gasteiger partial charge >= 0.3 is 0 Å². The molecule has 2 aromatic heterocycles. The molecular formula is C26H32N2O5. The summed E-state index contributed by atoms with van der Waals surface area (Å²) in [6, 6.07) is 7.08. The smallest absolute Gasteiger partial charge is 0.257 e. The lowest BCUT2D eigenvalue weighted by Gasteiger charge is -2.16. The minimum absolute atomic E-state index is 0.133. The predicted molar refractivity (Wildman–Crippen MR) is 129 cm³/mol. The standard InChI is InChI=1S/C23H24N2O4.C3H8O/c1-4-13(11-26)16-9-21-22-18(10-25(21)23(28)19(16)12-29-3)15(5-2)17-8-14(27)6-7-20(17)24-22;1-3(2)4/h6-9,11,13,27H,4-5,10,12H2,1-3H3;3-4H,1-2H3. The van der Waals surface area contributed by atoms with Crippen LogP contribution in [0.15, 0.2) is 29.1 Å². The Morgan fingerprint density at radius 1 is 1.21 bits per heavy atom. The van der Waals surface area contributed by atoms with E-state index in [1.54, 1.807) is 43.7 Å². The molecule has 0 aliphatic carbocycles. The van der Waals surface area contributed by atoms with Gasteiger partial charge in [0, 0.05) is 35.6 Å². The second kappa shape index (κ2) is 10.3. The van der Waals surface area contributed by atoms with Gasteiger partial charge in [-0.1, -0.05) is 13.8 Å². The van der Waals surface area contributed by atoms with Crippen LogP contribution in [0.5, 0.6) is 5.75 Å². The molecule has 0 amide bonds. The highest BCUT2D eigenvalue weighted by Crippen LogP contribution is 2.38. The van der Waals surface area contributed by atoms with Crippen LogP contribution in [0, 0.1) is 0 Å². The number of aryl methyl sites for hydroxylation is 1. The maximum Gasteiger partial charge on any atom is 0.257 e. The zero-order valence-corrected chi connectivity index (χ0v) is 19.9. The highest BCUT2D eigenvalue weighted by Gasteiger charge is 2.29. The summed E-state index contributed by atoms with van der Waals surface area (Å²) in [5.41, 5.74) is 5.51. The summed E-state index contributed by atoms with van der Waals surface area (Å²) in [7, 11) is 1.55. The zero-order chi connectivity index (χ0) is 24.3. The maximum atomic E-state index is 13.3. The average Bonchev–Trinajstić information content (AvgIpc) is 3.13. The number of hydrogen-bond donors (Lipinski definition) is 2. The molecule has 3 heterocycles. The van der Waals surface area contributed by atoms with Gasteiger partial charge in [-0.15, -0.1) is 0 Å². The molecule has 3 aromatic rings. The number of phenolic OH excluding ortho intramolecular Hbond substituents is 1. The molecule has 1 unspecified atom stereocenters. The minimum Gasteiger partial charge on any atom is -0.508 e. The Balaban J connectivity index is 0.000000709. The number of benzene rings is 1. The molecule has 0 spiro atoms. The molecule has 0 saturated carbocycles. The normalized spacial score (nSPS) is 12.8. The highest BCUT2D eigenvalue weighted by molar-refractivity contribution is 5.89. The molecule has 7 heteroatoms. The van der Waals surface area contributed by atoms with Gasteiger partial charge in [0.1, 0.15) is 12.0 Å². The minimum atomic E-state index is -0.356. The fourth-order valence-corrected chi connectivity index (χ4v) is 4.37. The van der Waals surface area contributed by atoms with Gasteiger partial charge < -0.3 is 24.3 Å². The quantitative estimate of drug-likeness (QED) is 0.430. The Hall–Kier alpha value is -3.03. The lowest BCUT2D eigenvalue weighted by molar-refractivity contribution is -0.109. The first-order chi connectivity index (χ1) is 15.8. The third-order valence-corrected chi connectivity index (χ3v) is 5.83. The lowest BCUT2D eigenvalue weighted by Crippen LogP contribution is -2.26. The van der Waals surface area contributed by atoms with Gasteiger partial charge in [-0.05, 0) is 62.1 Å². The van der Waals surface area contributed by atoms with E-state index in [2.05, 4.69) is 6.92 Å². The van der Waals surface area contributed by atoms with Crippen molar-refractivity contribution >= 4 is 17.2 Å². The number of phenols is 1. The number of pyridine rings is 2. The number of hydrogen-bond acceptors (Lipinski definition) is 6. The molecule has 7 nitrogen and oxygen atoms in total. The summed E-state index contributed by atoms with van der Waals surface area (Å²) in [5, 5.41) is 18.9. The lowest BCUT2D eigenvalue weighted by atomic mass is 9.93. The number of fused-ring (bicyclic) bond motifs is 4. The van der Waals surface area contributed by atoms with Crippen LogP contribution in [-0.2, 0) is 29.1 Å². The molecule has 0 bridgehead atoms. The van der Waals surface area contributed by atoms with Crippen LogP contribution < -0.4 is 5.56 Å². The first-order valence-electron chi connectivity index (χ1n) is 11.3. The van der Waals surface area contributed by atoms with Crippen molar-refractivity contribution < 1.29 is 19.7 Å². The van der Waals surface area contributed by atoms with Crippen molar-refractivity contribution in [2.24, 2.45) is 0 Å². The van der Waals surface area contributed by atoms with Crippen LogP contribution in [0.4, 0.5) is 0 Å². The topological polar surface area (TPSA) is 102 Å². The highest BCUT2D eigenvalue weighted by atomic mass is 16.5. The van der Waals surface area contributed by atoms with Crippen molar-refractivity contribution in [1.82, 2.24) is 9.55 Å². The number of aliphatic hydroxyl groups excluding tert-OH is 1. The largest absolute Gasteiger partial charge is 0.508 e. The van der Waals surface area contributed by atoms with E-state index < -0.39 is 0 Å². The monoisotopic (exact) mass is 452 g/mol. The van der Waals surface area contributed by atoms with E-state index in [1.165, 1.54) is 0 Å². The summed E-state index contributed by atoms with van der Waals surface area (Å²) in [6.45, 7) is 8.03. The second-order valence-electron chi connectivity index (χ2n) is 8.50. The first-order valence-corrected chi connectivity index (χ1v) is 11.3. The van der Waals surface area contributed by atoms with Crippen LogP contribution in [0.2, 0.25) is 0 Å². The number of aliphatic hydroxyl groups is 1. The molecule has 33 heavy (non-hydrogen) atoms. The Morgan fingerprint density at radius 2 is 1.91 bits per heavy atom. The maximum absolute atomic E-state index is 13.3. The average molecular weight is 453 g/mol. The molecule has 0 saturated heterocycles. The van der Waals surface area contributed by atoms with Gasteiger partial charge in [-0.25, -0.2) is 4.98 Å². The van der Waals surface area contributed by atoms with E-state index in [0.29, 0.717) is 18.5 Å². The fraction of sp³-hybridized carbons (Fsp3) is 0.423. The van der Waals surface area contributed by atoms with E-state index in [-0.39, 0.29) is 29.9 Å². The predicted octanol–water partition coefficient (Wildman–Crippen LogP) is 3.92.